The van der Waals surface area contributed by atoms with Crippen molar-refractivity contribution in [2.24, 2.45) is 5.10 Å². The molecule has 0 saturated heterocycles. The summed E-state index contributed by atoms with van der Waals surface area (Å²) in [5, 5.41) is 5.29. The fraction of sp³-hybridized carbons (Fsp3) is 0.0667. The molecule has 0 aromatic heterocycles. The topological polar surface area (TPSA) is 50.7 Å². The third-order valence-electron chi connectivity index (χ3n) is 2.53. The van der Waals surface area contributed by atoms with Crippen molar-refractivity contribution in [3.05, 3.63) is 63.1 Å². The van der Waals surface area contributed by atoms with Crippen molar-refractivity contribution in [2.75, 3.05) is 6.61 Å². The van der Waals surface area contributed by atoms with Gasteiger partial charge in [-0.25, -0.2) is 5.43 Å². The molecule has 0 radical (unpaired) electrons. The van der Waals surface area contributed by atoms with Crippen LogP contribution >= 0.6 is 34.8 Å². The predicted molar refractivity (Wildman–Crippen MR) is 89.1 cm³/mol. The van der Waals surface area contributed by atoms with Crippen molar-refractivity contribution >= 4 is 46.9 Å². The fourth-order valence-corrected chi connectivity index (χ4v) is 1.92. The van der Waals surface area contributed by atoms with Crippen LogP contribution in [-0.4, -0.2) is 18.7 Å². The van der Waals surface area contributed by atoms with Gasteiger partial charge in [0.1, 0.15) is 5.75 Å². The molecule has 1 amide bonds. The smallest absolute Gasteiger partial charge is 0.277 e. The van der Waals surface area contributed by atoms with Crippen LogP contribution in [-0.2, 0) is 4.79 Å². The van der Waals surface area contributed by atoms with Crippen LogP contribution in [0, 0.1) is 0 Å². The average molecular weight is 358 g/mol. The number of amides is 1. The molecule has 2 rings (SSSR count). The molecule has 0 saturated carbocycles. The Morgan fingerprint density at radius 1 is 1.09 bits per heavy atom. The van der Waals surface area contributed by atoms with Crippen LogP contribution in [0.1, 0.15) is 5.56 Å². The SMILES string of the molecule is O=C(COc1ccc(Cl)cc1)N/N=C\c1ccc(Cl)c(Cl)c1. The van der Waals surface area contributed by atoms with Gasteiger partial charge in [0.25, 0.3) is 5.91 Å². The maximum Gasteiger partial charge on any atom is 0.277 e. The Hall–Kier alpha value is -1.75. The normalized spacial score (nSPS) is 10.7. The van der Waals surface area contributed by atoms with E-state index in [-0.39, 0.29) is 12.5 Å². The van der Waals surface area contributed by atoms with Gasteiger partial charge in [0.05, 0.1) is 16.3 Å². The molecule has 22 heavy (non-hydrogen) atoms. The van der Waals surface area contributed by atoms with Gasteiger partial charge in [-0.2, -0.15) is 5.10 Å². The second kappa shape index (κ2) is 8.03. The zero-order valence-corrected chi connectivity index (χ0v) is 13.5. The van der Waals surface area contributed by atoms with E-state index in [1.807, 2.05) is 0 Å². The summed E-state index contributed by atoms with van der Waals surface area (Å²) in [6, 6.07) is 11.7. The summed E-state index contributed by atoms with van der Waals surface area (Å²) in [6.07, 6.45) is 1.46. The number of nitrogens with one attached hydrogen (secondary N) is 1. The van der Waals surface area contributed by atoms with E-state index >= 15 is 0 Å². The van der Waals surface area contributed by atoms with E-state index in [1.165, 1.54) is 6.21 Å². The molecule has 0 bridgehead atoms. The molecule has 0 aliphatic heterocycles. The molecular weight excluding hydrogens is 347 g/mol. The fourth-order valence-electron chi connectivity index (χ4n) is 1.48. The quantitative estimate of drug-likeness (QED) is 0.645. The van der Waals surface area contributed by atoms with Gasteiger partial charge in [0.2, 0.25) is 0 Å². The van der Waals surface area contributed by atoms with Crippen molar-refractivity contribution in [1.29, 1.82) is 0 Å². The highest BCUT2D eigenvalue weighted by atomic mass is 35.5. The number of carbonyl (C=O) groups is 1. The molecule has 0 fully saturated rings. The second-order valence-corrected chi connectivity index (χ2v) is 5.46. The molecule has 114 valence electrons. The maximum atomic E-state index is 11.6. The molecule has 1 N–H and O–H groups in total. The molecule has 0 aliphatic carbocycles. The first-order chi connectivity index (χ1) is 10.5. The molecule has 7 heteroatoms. The van der Waals surface area contributed by atoms with Gasteiger partial charge in [-0.15, -0.1) is 0 Å². The lowest BCUT2D eigenvalue weighted by molar-refractivity contribution is -0.123. The molecule has 0 aliphatic rings. The minimum atomic E-state index is -0.383. The number of hydrogen-bond acceptors (Lipinski definition) is 3. The molecule has 0 heterocycles. The van der Waals surface area contributed by atoms with Crippen LogP contribution in [0.3, 0.4) is 0 Å². The van der Waals surface area contributed by atoms with E-state index in [0.29, 0.717) is 26.4 Å². The summed E-state index contributed by atoms with van der Waals surface area (Å²) in [6.45, 7) is -0.152. The highest BCUT2D eigenvalue weighted by Crippen LogP contribution is 2.21. The number of halogens is 3. The molecule has 0 spiro atoms. The van der Waals surface area contributed by atoms with Gasteiger partial charge in [-0.1, -0.05) is 40.9 Å². The standard InChI is InChI=1S/C15H11Cl3N2O2/c16-11-2-4-12(5-3-11)22-9-15(21)20-19-8-10-1-6-13(17)14(18)7-10/h1-8H,9H2,(H,20,21)/b19-8-. The van der Waals surface area contributed by atoms with Gasteiger partial charge < -0.3 is 4.74 Å². The van der Waals surface area contributed by atoms with E-state index in [9.17, 15) is 4.79 Å². The van der Waals surface area contributed by atoms with Crippen LogP contribution < -0.4 is 10.2 Å². The third-order valence-corrected chi connectivity index (χ3v) is 3.52. The predicted octanol–water partition coefficient (Wildman–Crippen LogP) is 4.18. The Bertz CT molecular complexity index is 688. The van der Waals surface area contributed by atoms with Crippen LogP contribution in [0.5, 0.6) is 5.75 Å². The largest absolute Gasteiger partial charge is 0.484 e. The van der Waals surface area contributed by atoms with Gasteiger partial charge >= 0.3 is 0 Å². The lowest BCUT2D eigenvalue weighted by Gasteiger charge is -2.04. The number of carbonyl (C=O) groups excluding carboxylic acids is 1. The minimum absolute atomic E-state index is 0.152. The number of hydrogen-bond donors (Lipinski definition) is 1. The first-order valence-corrected chi connectivity index (χ1v) is 7.33. The first kappa shape index (κ1) is 16.6. The maximum absolute atomic E-state index is 11.6. The highest BCUT2D eigenvalue weighted by Gasteiger charge is 2.02. The first-order valence-electron chi connectivity index (χ1n) is 6.20. The van der Waals surface area contributed by atoms with Gasteiger partial charge in [-0.3, -0.25) is 4.79 Å². The summed E-state index contributed by atoms with van der Waals surface area (Å²) in [5.41, 5.74) is 3.07. The Labute approximate surface area is 142 Å². The van der Waals surface area contributed by atoms with Crippen LogP contribution in [0.2, 0.25) is 15.1 Å². The van der Waals surface area contributed by atoms with Crippen molar-refractivity contribution in [2.45, 2.75) is 0 Å². The Balaban J connectivity index is 1.80. The summed E-state index contributed by atoms with van der Waals surface area (Å²) in [5.74, 6) is 0.166. The highest BCUT2D eigenvalue weighted by molar-refractivity contribution is 6.42. The molecule has 4 nitrogen and oxygen atoms in total. The van der Waals surface area contributed by atoms with E-state index in [4.69, 9.17) is 39.5 Å². The van der Waals surface area contributed by atoms with E-state index in [2.05, 4.69) is 10.5 Å². The number of hydrazone groups is 1. The molecular formula is C15H11Cl3N2O2. The zero-order valence-electron chi connectivity index (χ0n) is 11.2. The van der Waals surface area contributed by atoms with E-state index < -0.39 is 0 Å². The van der Waals surface area contributed by atoms with Crippen LogP contribution in [0.4, 0.5) is 0 Å². The van der Waals surface area contributed by atoms with Gasteiger partial charge in [0.15, 0.2) is 6.61 Å². The van der Waals surface area contributed by atoms with Gasteiger partial charge in [0, 0.05) is 5.02 Å². The van der Waals surface area contributed by atoms with Crippen LogP contribution in [0.15, 0.2) is 47.6 Å². The lowest BCUT2D eigenvalue weighted by Crippen LogP contribution is -2.24. The molecule has 0 unspecified atom stereocenters. The third kappa shape index (κ3) is 5.22. The van der Waals surface area contributed by atoms with E-state index in [0.717, 1.165) is 0 Å². The summed E-state index contributed by atoms with van der Waals surface area (Å²) >= 11 is 17.4. The summed E-state index contributed by atoms with van der Waals surface area (Å²) in [4.78, 5) is 11.6. The summed E-state index contributed by atoms with van der Waals surface area (Å²) < 4.78 is 5.28. The number of benzene rings is 2. The van der Waals surface area contributed by atoms with Crippen molar-refractivity contribution in [1.82, 2.24) is 5.43 Å². The van der Waals surface area contributed by atoms with Crippen molar-refractivity contribution < 1.29 is 9.53 Å². The molecule has 2 aromatic carbocycles. The Morgan fingerprint density at radius 2 is 1.82 bits per heavy atom. The van der Waals surface area contributed by atoms with Crippen LogP contribution in [0.25, 0.3) is 0 Å². The average Bonchev–Trinajstić information content (AvgIpc) is 2.50. The minimum Gasteiger partial charge on any atom is -0.484 e. The van der Waals surface area contributed by atoms with Gasteiger partial charge in [-0.05, 0) is 42.0 Å². The van der Waals surface area contributed by atoms with E-state index in [1.54, 1.807) is 42.5 Å². The summed E-state index contributed by atoms with van der Waals surface area (Å²) in [7, 11) is 0. The lowest BCUT2D eigenvalue weighted by atomic mass is 10.2. The number of ether oxygens (including phenoxy) is 1. The molecule has 0 atom stereocenters. The number of rotatable bonds is 5. The van der Waals surface area contributed by atoms with Crippen molar-refractivity contribution in [3.63, 3.8) is 0 Å². The molecule has 2 aromatic rings. The second-order valence-electron chi connectivity index (χ2n) is 4.21. The monoisotopic (exact) mass is 356 g/mol. The Kier molecular flexibility index (Phi) is 6.07. The van der Waals surface area contributed by atoms with Crippen molar-refractivity contribution in [3.8, 4) is 5.75 Å². The zero-order chi connectivity index (χ0) is 15.9. The number of nitrogens with zero attached hydrogens (tertiary/aromatic N) is 1. The Morgan fingerprint density at radius 3 is 2.50 bits per heavy atom.